The van der Waals surface area contributed by atoms with Crippen molar-refractivity contribution < 1.29 is 4.79 Å². The van der Waals surface area contributed by atoms with Gasteiger partial charge in [0.2, 0.25) is 0 Å². The summed E-state index contributed by atoms with van der Waals surface area (Å²) in [7, 11) is 0. The second-order valence-corrected chi connectivity index (χ2v) is 12.7. The number of amides is 1. The Labute approximate surface area is 271 Å². The van der Waals surface area contributed by atoms with Crippen LogP contribution in [0, 0.1) is 0 Å². The van der Waals surface area contributed by atoms with Crippen molar-refractivity contribution in [3.8, 4) is 0 Å². The first kappa shape index (κ1) is 29.9. The van der Waals surface area contributed by atoms with Gasteiger partial charge in [0.15, 0.2) is 5.16 Å². The molecule has 0 radical (unpaired) electrons. The van der Waals surface area contributed by atoms with Crippen molar-refractivity contribution in [3.05, 3.63) is 105 Å². The Morgan fingerprint density at radius 1 is 0.721 bits per heavy atom. The Morgan fingerprint density at radius 3 is 2.14 bits per heavy atom. The van der Waals surface area contributed by atoms with Gasteiger partial charge in [-0.25, -0.2) is 9.97 Å². The third-order valence-corrected chi connectivity index (χ3v) is 9.43. The number of nitrogens with zero attached hydrogens (tertiary/aromatic N) is 6. The predicted octanol–water partition coefficient (Wildman–Crippen LogP) is 7.02. The van der Waals surface area contributed by atoms with Crippen molar-refractivity contribution in [3.63, 3.8) is 0 Å². The lowest BCUT2D eigenvalue weighted by atomic mass is 10.1. The number of thioether (sulfide) groups is 1. The summed E-state index contributed by atoms with van der Waals surface area (Å²) in [5.74, 6) is 1.56. The number of carbonyl (C=O) groups excluding carboxylic acids is 1. The van der Waals surface area contributed by atoms with Crippen LogP contribution in [0.15, 0.2) is 84.0 Å². The van der Waals surface area contributed by atoms with E-state index in [1.807, 2.05) is 77.7 Å². The molecule has 0 unspecified atom stereocenters. The highest BCUT2D eigenvalue weighted by Gasteiger charge is 2.24. The Kier molecular flexibility index (Phi) is 9.48. The number of hydrogen-bond donors (Lipinski definition) is 0. The summed E-state index contributed by atoms with van der Waals surface area (Å²) in [6.45, 7) is 6.21. The summed E-state index contributed by atoms with van der Waals surface area (Å²) in [5.41, 5.74) is 3.93. The molecule has 11 heteroatoms. The van der Waals surface area contributed by atoms with E-state index in [0.717, 1.165) is 72.1 Å². The fourth-order valence-corrected chi connectivity index (χ4v) is 6.89. The second kappa shape index (κ2) is 13.6. The molecule has 2 fully saturated rings. The maximum absolute atomic E-state index is 13.2. The predicted molar refractivity (Wildman–Crippen MR) is 178 cm³/mol. The minimum atomic E-state index is 0.0521. The maximum atomic E-state index is 13.2. The minimum Gasteiger partial charge on any atom is -0.368 e. The van der Waals surface area contributed by atoms with E-state index in [-0.39, 0.29) is 5.91 Å². The first-order valence-corrected chi connectivity index (χ1v) is 16.4. The highest BCUT2D eigenvalue weighted by molar-refractivity contribution is 7.98. The highest BCUT2D eigenvalue weighted by atomic mass is 35.5. The standard InChI is InChI=1S/C32H31Cl3N6OS/c33-25-4-3-5-26(20-25)38-12-16-40(17-13-38)30-21-29(35)36-32(37-30)43-22-23-8-10-24(11-9-23)31(42)41-18-14-39(15-19-41)28-7-2-1-6-27(28)34/h1-11,20-21H,12-19,22H2. The van der Waals surface area contributed by atoms with Crippen molar-refractivity contribution in [2.45, 2.75) is 10.9 Å². The molecule has 0 saturated carbocycles. The summed E-state index contributed by atoms with van der Waals surface area (Å²) in [4.78, 5) is 31.1. The van der Waals surface area contributed by atoms with Gasteiger partial charge in [0.1, 0.15) is 11.0 Å². The molecule has 1 aromatic heterocycles. The maximum Gasteiger partial charge on any atom is 0.253 e. The van der Waals surface area contributed by atoms with Crippen molar-refractivity contribution in [2.75, 3.05) is 67.1 Å². The van der Waals surface area contributed by atoms with Crippen molar-refractivity contribution in [2.24, 2.45) is 0 Å². The number of para-hydroxylation sites is 1. The third kappa shape index (κ3) is 7.32. The summed E-state index contributed by atoms with van der Waals surface area (Å²) < 4.78 is 0. The molecule has 0 spiro atoms. The largest absolute Gasteiger partial charge is 0.368 e. The molecule has 2 aliphatic rings. The molecule has 4 aromatic rings. The number of hydrogen-bond acceptors (Lipinski definition) is 7. The van der Waals surface area contributed by atoms with E-state index >= 15 is 0 Å². The van der Waals surface area contributed by atoms with Crippen LogP contribution in [0.4, 0.5) is 17.2 Å². The van der Waals surface area contributed by atoms with Crippen LogP contribution >= 0.6 is 46.6 Å². The van der Waals surface area contributed by atoms with Crippen LogP contribution in [0.3, 0.4) is 0 Å². The van der Waals surface area contributed by atoms with Gasteiger partial charge in [0.05, 0.1) is 10.7 Å². The molecule has 43 heavy (non-hydrogen) atoms. The topological polar surface area (TPSA) is 55.8 Å². The van der Waals surface area contributed by atoms with Gasteiger partial charge in [-0.3, -0.25) is 4.79 Å². The molecule has 0 N–H and O–H groups in total. The first-order valence-electron chi connectivity index (χ1n) is 14.2. The number of aromatic nitrogens is 2. The second-order valence-electron chi connectivity index (χ2n) is 10.5. The van der Waals surface area contributed by atoms with E-state index in [2.05, 4.69) is 25.8 Å². The monoisotopic (exact) mass is 652 g/mol. The number of benzene rings is 3. The smallest absolute Gasteiger partial charge is 0.253 e. The SMILES string of the molecule is O=C(c1ccc(CSc2nc(Cl)cc(N3CCN(c4cccc(Cl)c4)CC3)n2)cc1)N1CCN(c2ccccc2Cl)CC1. The Bertz CT molecular complexity index is 1570. The highest BCUT2D eigenvalue weighted by Crippen LogP contribution is 2.28. The van der Waals surface area contributed by atoms with E-state index in [1.165, 1.54) is 11.8 Å². The average molecular weight is 654 g/mol. The molecule has 222 valence electrons. The van der Waals surface area contributed by atoms with Crippen LogP contribution < -0.4 is 14.7 Å². The van der Waals surface area contributed by atoms with E-state index in [4.69, 9.17) is 39.8 Å². The fraction of sp³-hybridized carbons (Fsp3) is 0.281. The molecule has 6 rings (SSSR count). The van der Waals surface area contributed by atoms with Crippen molar-refractivity contribution >= 4 is 69.7 Å². The van der Waals surface area contributed by atoms with Gasteiger partial charge in [0.25, 0.3) is 5.91 Å². The average Bonchev–Trinajstić information content (AvgIpc) is 3.04. The van der Waals surface area contributed by atoms with Gasteiger partial charge >= 0.3 is 0 Å². The Morgan fingerprint density at radius 2 is 1.42 bits per heavy atom. The molecule has 1 amide bonds. The van der Waals surface area contributed by atoms with Gasteiger partial charge in [-0.15, -0.1) is 0 Å². The summed E-state index contributed by atoms with van der Waals surface area (Å²) in [5, 5.41) is 2.55. The van der Waals surface area contributed by atoms with Gasteiger partial charge in [-0.2, -0.15) is 0 Å². The molecule has 0 bridgehead atoms. The number of anilines is 3. The number of halogens is 3. The minimum absolute atomic E-state index is 0.0521. The molecular weight excluding hydrogens is 623 g/mol. The van der Waals surface area contributed by atoms with Crippen LogP contribution in [0.2, 0.25) is 15.2 Å². The lowest BCUT2D eigenvalue weighted by Gasteiger charge is -2.36. The van der Waals surface area contributed by atoms with Crippen LogP contribution in [0.25, 0.3) is 0 Å². The van der Waals surface area contributed by atoms with Crippen LogP contribution in [0.5, 0.6) is 0 Å². The van der Waals surface area contributed by atoms with Crippen LogP contribution in [-0.2, 0) is 5.75 Å². The molecule has 2 aliphatic heterocycles. The third-order valence-electron chi connectivity index (χ3n) is 7.77. The number of carbonyl (C=O) groups is 1. The van der Waals surface area contributed by atoms with Gasteiger partial charge in [-0.05, 0) is 48.0 Å². The number of piperazine rings is 2. The molecule has 2 saturated heterocycles. The van der Waals surface area contributed by atoms with Crippen molar-refractivity contribution in [1.82, 2.24) is 14.9 Å². The molecule has 0 atom stereocenters. The molecule has 3 heterocycles. The molecular formula is C32H31Cl3N6OS. The summed E-state index contributed by atoms with van der Waals surface area (Å²) in [6.07, 6.45) is 0. The summed E-state index contributed by atoms with van der Waals surface area (Å²) >= 11 is 20.5. The molecule has 0 aliphatic carbocycles. The van der Waals surface area contributed by atoms with E-state index in [1.54, 1.807) is 0 Å². The zero-order valence-corrected chi connectivity index (χ0v) is 26.6. The Balaban J connectivity index is 1.01. The zero-order valence-electron chi connectivity index (χ0n) is 23.5. The van der Waals surface area contributed by atoms with E-state index < -0.39 is 0 Å². The van der Waals surface area contributed by atoms with Gasteiger partial charge in [0, 0.05) is 80.5 Å². The Hall–Kier alpha value is -3.17. The lowest BCUT2D eigenvalue weighted by molar-refractivity contribution is 0.0747. The molecule has 3 aromatic carbocycles. The van der Waals surface area contributed by atoms with Gasteiger partial charge < -0.3 is 19.6 Å². The van der Waals surface area contributed by atoms with Gasteiger partial charge in [-0.1, -0.05) is 76.9 Å². The van der Waals surface area contributed by atoms with Crippen LogP contribution in [0.1, 0.15) is 15.9 Å². The normalized spacial score (nSPS) is 15.6. The first-order chi connectivity index (χ1) is 20.9. The van der Waals surface area contributed by atoms with E-state index in [0.29, 0.717) is 34.7 Å². The summed E-state index contributed by atoms with van der Waals surface area (Å²) in [6, 6.07) is 25.4. The lowest BCUT2D eigenvalue weighted by Crippen LogP contribution is -2.48. The quantitative estimate of drug-likeness (QED) is 0.121. The molecule has 7 nitrogen and oxygen atoms in total. The van der Waals surface area contributed by atoms with E-state index in [9.17, 15) is 4.79 Å². The van der Waals surface area contributed by atoms with Crippen LogP contribution in [-0.4, -0.2) is 73.1 Å². The zero-order chi connectivity index (χ0) is 29.8. The van der Waals surface area contributed by atoms with Crippen molar-refractivity contribution in [1.29, 1.82) is 0 Å². The number of rotatable bonds is 7. The fourth-order valence-electron chi connectivity index (χ4n) is 5.41.